The van der Waals surface area contributed by atoms with Crippen LogP contribution in [0.4, 0.5) is 0 Å². The Morgan fingerprint density at radius 1 is 1.05 bits per heavy atom. The predicted molar refractivity (Wildman–Crippen MR) is 90.2 cm³/mol. The molecule has 0 saturated heterocycles. The van der Waals surface area contributed by atoms with Gasteiger partial charge in [0, 0.05) is 4.47 Å². The van der Waals surface area contributed by atoms with Crippen LogP contribution in [0.5, 0.6) is 0 Å². The number of halogens is 1. The van der Waals surface area contributed by atoms with E-state index in [1.54, 1.807) is 0 Å². The molecule has 0 amide bonds. The molecular weight excluding hydrogens is 326 g/mol. The summed E-state index contributed by atoms with van der Waals surface area (Å²) in [6, 6.07) is 17.2. The Morgan fingerprint density at radius 2 is 1.67 bits per heavy atom. The van der Waals surface area contributed by atoms with Crippen molar-refractivity contribution in [1.29, 1.82) is 0 Å². The normalized spacial score (nSPS) is 21.5. The van der Waals surface area contributed by atoms with Crippen molar-refractivity contribution in [2.45, 2.75) is 25.4 Å². The minimum absolute atomic E-state index is 0.102. The highest BCUT2D eigenvalue weighted by Crippen LogP contribution is 2.32. The lowest BCUT2D eigenvalue weighted by Crippen LogP contribution is -2.39. The molecule has 0 saturated carbocycles. The first-order valence-electron chi connectivity index (χ1n) is 7.03. The van der Waals surface area contributed by atoms with Gasteiger partial charge in [0.25, 0.3) is 0 Å². The zero-order valence-corrected chi connectivity index (χ0v) is 13.5. The van der Waals surface area contributed by atoms with Crippen LogP contribution in [0.2, 0.25) is 0 Å². The molecule has 1 heterocycles. The molecule has 1 aliphatic heterocycles. The third kappa shape index (κ3) is 3.27. The van der Waals surface area contributed by atoms with Crippen LogP contribution in [0.3, 0.4) is 0 Å². The van der Waals surface area contributed by atoms with Gasteiger partial charge in [-0.05, 0) is 36.6 Å². The Labute approximate surface area is 133 Å². The zero-order chi connectivity index (χ0) is 14.8. The van der Waals surface area contributed by atoms with E-state index in [0.29, 0.717) is 5.96 Å². The number of nitrogens with two attached hydrogens (primary N) is 1. The van der Waals surface area contributed by atoms with Gasteiger partial charge in [-0.2, -0.15) is 0 Å². The molecule has 2 atom stereocenters. The van der Waals surface area contributed by atoms with E-state index in [2.05, 4.69) is 69.6 Å². The highest BCUT2D eigenvalue weighted by atomic mass is 79.9. The lowest BCUT2D eigenvalue weighted by atomic mass is 9.93. The van der Waals surface area contributed by atoms with E-state index in [1.807, 2.05) is 12.1 Å². The van der Waals surface area contributed by atoms with Gasteiger partial charge in [0.05, 0.1) is 12.1 Å². The third-order valence-corrected chi connectivity index (χ3v) is 4.34. The van der Waals surface area contributed by atoms with Gasteiger partial charge in [-0.25, -0.2) is 4.99 Å². The number of benzene rings is 2. The molecule has 2 unspecified atom stereocenters. The summed E-state index contributed by atoms with van der Waals surface area (Å²) in [5.74, 6) is 0.514. The largest absolute Gasteiger partial charge is 0.370 e. The molecule has 0 radical (unpaired) electrons. The van der Waals surface area contributed by atoms with Crippen LogP contribution in [-0.4, -0.2) is 5.96 Å². The molecular formula is C17H18BrN3. The number of rotatable bonds is 2. The Balaban J connectivity index is 1.85. The van der Waals surface area contributed by atoms with Crippen molar-refractivity contribution < 1.29 is 0 Å². The summed E-state index contributed by atoms with van der Waals surface area (Å²) >= 11 is 3.46. The summed E-state index contributed by atoms with van der Waals surface area (Å²) in [7, 11) is 0. The fraction of sp³-hybridized carbons (Fsp3) is 0.235. The summed E-state index contributed by atoms with van der Waals surface area (Å²) in [6.45, 7) is 2.10. The fourth-order valence-electron chi connectivity index (χ4n) is 2.63. The average Bonchev–Trinajstić information content (AvgIpc) is 2.48. The average molecular weight is 344 g/mol. The maximum absolute atomic E-state index is 5.98. The second-order valence-corrected chi connectivity index (χ2v) is 6.34. The standard InChI is InChI=1S/C17H18BrN3/c1-11-2-4-12(5-3-11)15-10-16(21-17(19)20-15)13-6-8-14(18)9-7-13/h2-9,15-16H,10H2,1H3,(H3,19,20,21). The summed E-state index contributed by atoms with van der Waals surface area (Å²) < 4.78 is 1.08. The Kier molecular flexibility index (Phi) is 3.97. The number of guanidine groups is 1. The van der Waals surface area contributed by atoms with Crippen LogP contribution in [0.1, 0.15) is 35.2 Å². The van der Waals surface area contributed by atoms with Gasteiger partial charge in [0.2, 0.25) is 0 Å². The molecule has 0 spiro atoms. The summed E-state index contributed by atoms with van der Waals surface area (Å²) in [4.78, 5) is 4.54. The SMILES string of the molecule is Cc1ccc(C2CC(c3ccc(Br)cc3)N=C(N)N2)cc1. The molecule has 0 fully saturated rings. The van der Waals surface area contributed by atoms with Crippen molar-refractivity contribution in [2.75, 3.05) is 0 Å². The molecule has 3 rings (SSSR count). The first kappa shape index (κ1) is 14.1. The van der Waals surface area contributed by atoms with Crippen LogP contribution < -0.4 is 11.1 Å². The first-order valence-corrected chi connectivity index (χ1v) is 7.83. The molecule has 108 valence electrons. The molecule has 3 N–H and O–H groups in total. The summed E-state index contributed by atoms with van der Waals surface area (Å²) in [5, 5.41) is 3.28. The molecule has 0 bridgehead atoms. The second kappa shape index (κ2) is 5.90. The third-order valence-electron chi connectivity index (χ3n) is 3.81. The van der Waals surface area contributed by atoms with Crippen molar-refractivity contribution in [3.05, 3.63) is 69.7 Å². The van der Waals surface area contributed by atoms with E-state index >= 15 is 0 Å². The molecule has 3 nitrogen and oxygen atoms in total. The van der Waals surface area contributed by atoms with Crippen molar-refractivity contribution in [2.24, 2.45) is 10.7 Å². The number of aliphatic imine (C=N–C) groups is 1. The number of aryl methyl sites for hydroxylation is 1. The fourth-order valence-corrected chi connectivity index (χ4v) is 2.90. The summed E-state index contributed by atoms with van der Waals surface area (Å²) in [5.41, 5.74) is 9.69. The van der Waals surface area contributed by atoms with Crippen LogP contribution in [0, 0.1) is 6.92 Å². The van der Waals surface area contributed by atoms with Gasteiger partial charge in [-0.1, -0.05) is 57.9 Å². The summed E-state index contributed by atoms with van der Waals surface area (Å²) in [6.07, 6.45) is 0.908. The smallest absolute Gasteiger partial charge is 0.189 e. The maximum Gasteiger partial charge on any atom is 0.189 e. The van der Waals surface area contributed by atoms with Gasteiger partial charge >= 0.3 is 0 Å². The lowest BCUT2D eigenvalue weighted by Gasteiger charge is -2.29. The van der Waals surface area contributed by atoms with Crippen LogP contribution in [0.15, 0.2) is 58.0 Å². The van der Waals surface area contributed by atoms with E-state index in [4.69, 9.17) is 5.73 Å². The minimum Gasteiger partial charge on any atom is -0.370 e. The van der Waals surface area contributed by atoms with Crippen molar-refractivity contribution in [1.82, 2.24) is 5.32 Å². The first-order chi connectivity index (χ1) is 10.1. The van der Waals surface area contributed by atoms with Gasteiger partial charge < -0.3 is 11.1 Å². The van der Waals surface area contributed by atoms with Gasteiger partial charge in [0.1, 0.15) is 0 Å². The van der Waals surface area contributed by atoms with Crippen LogP contribution in [-0.2, 0) is 0 Å². The van der Waals surface area contributed by atoms with E-state index in [9.17, 15) is 0 Å². The molecule has 0 aromatic heterocycles. The number of nitrogens with one attached hydrogen (secondary N) is 1. The Bertz CT molecular complexity index is 647. The van der Waals surface area contributed by atoms with Crippen LogP contribution in [0.25, 0.3) is 0 Å². The monoisotopic (exact) mass is 343 g/mol. The number of nitrogens with zero attached hydrogens (tertiary/aromatic N) is 1. The molecule has 21 heavy (non-hydrogen) atoms. The maximum atomic E-state index is 5.98. The molecule has 0 aliphatic carbocycles. The molecule has 2 aromatic carbocycles. The van der Waals surface area contributed by atoms with Crippen molar-refractivity contribution in [3.63, 3.8) is 0 Å². The van der Waals surface area contributed by atoms with E-state index < -0.39 is 0 Å². The lowest BCUT2D eigenvalue weighted by molar-refractivity contribution is 0.487. The topological polar surface area (TPSA) is 50.4 Å². The number of hydrogen-bond donors (Lipinski definition) is 2. The quantitative estimate of drug-likeness (QED) is 0.870. The van der Waals surface area contributed by atoms with Crippen molar-refractivity contribution >= 4 is 21.9 Å². The predicted octanol–water partition coefficient (Wildman–Crippen LogP) is 3.85. The molecule has 4 heteroatoms. The number of hydrogen-bond acceptors (Lipinski definition) is 3. The van der Waals surface area contributed by atoms with Crippen LogP contribution >= 0.6 is 15.9 Å². The molecule has 2 aromatic rings. The zero-order valence-electron chi connectivity index (χ0n) is 11.9. The minimum atomic E-state index is 0.102. The van der Waals surface area contributed by atoms with Gasteiger partial charge in [0.15, 0.2) is 5.96 Å². The van der Waals surface area contributed by atoms with E-state index in [-0.39, 0.29) is 12.1 Å². The Morgan fingerprint density at radius 3 is 2.33 bits per heavy atom. The highest BCUT2D eigenvalue weighted by Gasteiger charge is 2.24. The van der Waals surface area contributed by atoms with E-state index in [1.165, 1.54) is 16.7 Å². The molecule has 1 aliphatic rings. The van der Waals surface area contributed by atoms with Gasteiger partial charge in [-0.15, -0.1) is 0 Å². The van der Waals surface area contributed by atoms with Gasteiger partial charge in [-0.3, -0.25) is 0 Å². The Hall–Kier alpha value is -1.81. The van der Waals surface area contributed by atoms with E-state index in [0.717, 1.165) is 10.9 Å². The van der Waals surface area contributed by atoms with Crippen molar-refractivity contribution in [3.8, 4) is 0 Å². The second-order valence-electron chi connectivity index (χ2n) is 5.42. The highest BCUT2D eigenvalue weighted by molar-refractivity contribution is 9.10.